The Morgan fingerprint density at radius 3 is 2.58 bits per heavy atom. The van der Waals surface area contributed by atoms with Crippen LogP contribution in [0.15, 0.2) is 0 Å². The van der Waals surface area contributed by atoms with Crippen LogP contribution in [0.1, 0.15) is 25.7 Å². The Hall–Kier alpha value is -0.120. The minimum Gasteiger partial charge on any atom is -0.478 e. The van der Waals surface area contributed by atoms with Crippen LogP contribution < -0.4 is 10.6 Å². The highest BCUT2D eigenvalue weighted by Crippen LogP contribution is 2.17. The van der Waals surface area contributed by atoms with Crippen molar-refractivity contribution in [2.24, 2.45) is 0 Å². The van der Waals surface area contributed by atoms with Gasteiger partial charge < -0.3 is 15.7 Å². The van der Waals surface area contributed by atoms with Gasteiger partial charge in [-0.1, -0.05) is 0 Å². The SMILES string of the molecule is [CH2-][NH2+]CCN[C@H]1CC[C@H](O)CC1. The van der Waals surface area contributed by atoms with Gasteiger partial charge in [-0.3, -0.25) is 0 Å². The maximum Gasteiger partial charge on any atom is 0.0642 e. The molecule has 1 saturated carbocycles. The highest BCUT2D eigenvalue weighted by molar-refractivity contribution is 4.75. The number of nitrogens with one attached hydrogen (secondary N) is 1. The Balaban J connectivity index is 2.01. The van der Waals surface area contributed by atoms with Crippen molar-refractivity contribution in [3.05, 3.63) is 7.05 Å². The molecule has 4 N–H and O–H groups in total. The summed E-state index contributed by atoms with van der Waals surface area (Å²) < 4.78 is 0. The van der Waals surface area contributed by atoms with E-state index in [4.69, 9.17) is 0 Å². The molecule has 0 amide bonds. The molecular formula is C9H20N2O. The monoisotopic (exact) mass is 172 g/mol. The number of rotatable bonds is 4. The van der Waals surface area contributed by atoms with Crippen LogP contribution in [-0.4, -0.2) is 30.3 Å². The molecule has 1 aliphatic rings. The molecule has 0 aromatic heterocycles. The van der Waals surface area contributed by atoms with E-state index < -0.39 is 0 Å². The van der Waals surface area contributed by atoms with Crippen molar-refractivity contribution in [2.75, 3.05) is 13.1 Å². The summed E-state index contributed by atoms with van der Waals surface area (Å²) in [7, 11) is 3.68. The molecule has 12 heavy (non-hydrogen) atoms. The number of nitrogens with two attached hydrogens (primary N) is 1. The predicted molar refractivity (Wildman–Crippen MR) is 48.4 cm³/mol. The lowest BCUT2D eigenvalue weighted by Crippen LogP contribution is -2.78. The van der Waals surface area contributed by atoms with Crippen molar-refractivity contribution in [1.29, 1.82) is 0 Å². The Morgan fingerprint density at radius 2 is 2.00 bits per heavy atom. The molecule has 1 aliphatic carbocycles. The van der Waals surface area contributed by atoms with Crippen LogP contribution in [0.2, 0.25) is 0 Å². The van der Waals surface area contributed by atoms with Crippen LogP contribution in [0.4, 0.5) is 0 Å². The van der Waals surface area contributed by atoms with Crippen molar-refractivity contribution in [3.8, 4) is 0 Å². The summed E-state index contributed by atoms with van der Waals surface area (Å²) in [5, 5.41) is 14.7. The van der Waals surface area contributed by atoms with E-state index in [1.165, 1.54) is 0 Å². The fourth-order valence-electron chi connectivity index (χ4n) is 1.67. The van der Waals surface area contributed by atoms with Crippen LogP contribution in [0, 0.1) is 7.05 Å². The third-order valence-electron chi connectivity index (χ3n) is 2.48. The summed E-state index contributed by atoms with van der Waals surface area (Å²) in [6.45, 7) is 2.07. The van der Waals surface area contributed by atoms with Crippen molar-refractivity contribution >= 4 is 0 Å². The lowest BCUT2D eigenvalue weighted by Gasteiger charge is -2.26. The first kappa shape index (κ1) is 9.96. The molecule has 0 aromatic carbocycles. The molecule has 0 bridgehead atoms. The molecule has 3 nitrogen and oxygen atoms in total. The highest BCUT2D eigenvalue weighted by atomic mass is 16.3. The second kappa shape index (κ2) is 5.51. The summed E-state index contributed by atoms with van der Waals surface area (Å²) in [5.74, 6) is 0. The van der Waals surface area contributed by atoms with Crippen LogP contribution in [0.25, 0.3) is 0 Å². The second-order valence-corrected chi connectivity index (χ2v) is 3.54. The Kier molecular flexibility index (Phi) is 4.58. The summed E-state index contributed by atoms with van der Waals surface area (Å²) in [6.07, 6.45) is 4.14. The molecule has 1 rings (SSSR count). The number of aliphatic hydroxyl groups excluding tert-OH is 1. The van der Waals surface area contributed by atoms with Crippen molar-refractivity contribution in [1.82, 2.24) is 5.32 Å². The third-order valence-corrected chi connectivity index (χ3v) is 2.48. The van der Waals surface area contributed by atoms with E-state index in [-0.39, 0.29) is 6.10 Å². The molecule has 0 aliphatic heterocycles. The highest BCUT2D eigenvalue weighted by Gasteiger charge is 2.18. The third kappa shape index (κ3) is 3.52. The predicted octanol–water partition coefficient (Wildman–Crippen LogP) is -0.766. The summed E-state index contributed by atoms with van der Waals surface area (Å²) >= 11 is 0. The minimum absolute atomic E-state index is 0.0394. The zero-order chi connectivity index (χ0) is 8.81. The van der Waals surface area contributed by atoms with Crippen molar-refractivity contribution in [2.45, 2.75) is 37.8 Å². The molecule has 0 spiro atoms. The van der Waals surface area contributed by atoms with E-state index in [2.05, 4.69) is 12.4 Å². The van der Waals surface area contributed by atoms with E-state index in [1.54, 1.807) is 0 Å². The number of aliphatic hydroxyl groups is 1. The van der Waals surface area contributed by atoms with E-state index in [1.807, 2.05) is 5.32 Å². The maximum absolute atomic E-state index is 9.25. The van der Waals surface area contributed by atoms with Gasteiger partial charge >= 0.3 is 0 Å². The van der Waals surface area contributed by atoms with Gasteiger partial charge in [0.25, 0.3) is 0 Å². The molecule has 0 heterocycles. The lowest BCUT2D eigenvalue weighted by molar-refractivity contribution is -0.593. The van der Waals surface area contributed by atoms with Gasteiger partial charge in [-0.05, 0) is 25.7 Å². The largest absolute Gasteiger partial charge is 0.478 e. The van der Waals surface area contributed by atoms with E-state index in [0.717, 1.165) is 38.8 Å². The fraction of sp³-hybridized carbons (Fsp3) is 0.889. The molecule has 3 heteroatoms. The second-order valence-electron chi connectivity index (χ2n) is 3.54. The standard InChI is InChI=1S/C9H20N2O/c1-10-6-7-11-8-2-4-9(12)5-3-8/h8-9,11-12H,1-7,10H2/t8-,9-. The lowest BCUT2D eigenvalue weighted by atomic mass is 9.93. The number of hydrogen-bond acceptors (Lipinski definition) is 2. The van der Waals surface area contributed by atoms with Crippen LogP contribution in [0.5, 0.6) is 0 Å². The van der Waals surface area contributed by atoms with Gasteiger partial charge in [0.05, 0.1) is 12.6 Å². The van der Waals surface area contributed by atoms with Gasteiger partial charge in [0.15, 0.2) is 0 Å². The first-order valence-corrected chi connectivity index (χ1v) is 4.85. The van der Waals surface area contributed by atoms with Gasteiger partial charge in [-0.25, -0.2) is 0 Å². The Labute approximate surface area is 74.5 Å². The molecule has 0 saturated heterocycles. The number of quaternary nitrogens is 1. The molecule has 0 aromatic rings. The molecular weight excluding hydrogens is 152 g/mol. The first-order chi connectivity index (χ1) is 5.83. The van der Waals surface area contributed by atoms with E-state index in [0.29, 0.717) is 6.04 Å². The molecule has 1 fully saturated rings. The average Bonchev–Trinajstić information content (AvgIpc) is 2.09. The van der Waals surface area contributed by atoms with Gasteiger partial charge in [0.1, 0.15) is 0 Å². The zero-order valence-electron chi connectivity index (χ0n) is 7.63. The van der Waals surface area contributed by atoms with Crippen LogP contribution >= 0.6 is 0 Å². The fourth-order valence-corrected chi connectivity index (χ4v) is 1.67. The van der Waals surface area contributed by atoms with Gasteiger partial charge in [-0.15, -0.1) is 0 Å². The first-order valence-electron chi connectivity index (χ1n) is 4.85. The minimum atomic E-state index is -0.0394. The number of hydrogen-bond donors (Lipinski definition) is 3. The Bertz CT molecular complexity index is 111. The quantitative estimate of drug-likeness (QED) is 0.385. The van der Waals surface area contributed by atoms with Gasteiger partial charge in [0.2, 0.25) is 0 Å². The zero-order valence-corrected chi connectivity index (χ0v) is 7.63. The van der Waals surface area contributed by atoms with Crippen molar-refractivity contribution in [3.63, 3.8) is 0 Å². The van der Waals surface area contributed by atoms with Crippen molar-refractivity contribution < 1.29 is 10.4 Å². The van der Waals surface area contributed by atoms with E-state index >= 15 is 0 Å². The summed E-state index contributed by atoms with van der Waals surface area (Å²) in [6, 6.07) is 0.633. The molecule has 0 unspecified atom stereocenters. The topological polar surface area (TPSA) is 48.9 Å². The van der Waals surface area contributed by atoms with E-state index in [9.17, 15) is 5.11 Å². The average molecular weight is 172 g/mol. The smallest absolute Gasteiger partial charge is 0.0642 e. The van der Waals surface area contributed by atoms with Gasteiger partial charge in [-0.2, -0.15) is 7.05 Å². The molecule has 72 valence electrons. The molecule has 0 radical (unpaired) electrons. The summed E-state index contributed by atoms with van der Waals surface area (Å²) in [4.78, 5) is 0. The summed E-state index contributed by atoms with van der Waals surface area (Å²) in [5.41, 5.74) is 0. The van der Waals surface area contributed by atoms with Gasteiger partial charge in [0, 0.05) is 12.6 Å². The van der Waals surface area contributed by atoms with Crippen LogP contribution in [-0.2, 0) is 0 Å². The normalized spacial score (nSPS) is 30.5. The van der Waals surface area contributed by atoms with Crippen LogP contribution in [0.3, 0.4) is 0 Å². The molecule has 0 atom stereocenters. The Morgan fingerprint density at radius 1 is 1.33 bits per heavy atom. The maximum atomic E-state index is 9.25.